The Balaban J connectivity index is 1.78. The summed E-state index contributed by atoms with van der Waals surface area (Å²) in [7, 11) is 0. The minimum Gasteiger partial charge on any atom is -0.458 e. The molecule has 2 aliphatic rings. The second kappa shape index (κ2) is 11.9. The van der Waals surface area contributed by atoms with Crippen molar-refractivity contribution >= 4 is 5.97 Å². The van der Waals surface area contributed by atoms with Gasteiger partial charge in [0.2, 0.25) is 0 Å². The fourth-order valence-electron chi connectivity index (χ4n) is 4.47. The van der Waals surface area contributed by atoms with Crippen LogP contribution in [0.2, 0.25) is 0 Å². The molecule has 0 aromatic heterocycles. The lowest BCUT2D eigenvalue weighted by Gasteiger charge is -2.26. The number of fused-ring (bicyclic) bond motifs is 1. The van der Waals surface area contributed by atoms with Crippen molar-refractivity contribution in [2.75, 3.05) is 13.2 Å². The average Bonchev–Trinajstić information content (AvgIpc) is 2.96. The van der Waals surface area contributed by atoms with Crippen molar-refractivity contribution in [1.29, 1.82) is 0 Å². The molecule has 0 amide bonds. The molecule has 0 unspecified atom stereocenters. The fraction of sp³-hybridized carbons (Fsp3) is 0.800. The van der Waals surface area contributed by atoms with Crippen LogP contribution in [0, 0.1) is 29.6 Å². The maximum absolute atomic E-state index is 11.7. The molecular formula is C25H40O5. The van der Waals surface area contributed by atoms with E-state index in [1.165, 1.54) is 5.57 Å². The predicted molar refractivity (Wildman–Crippen MR) is 118 cm³/mol. The Morgan fingerprint density at radius 1 is 1.33 bits per heavy atom. The zero-order valence-corrected chi connectivity index (χ0v) is 19.2. The third-order valence-electron chi connectivity index (χ3n) is 5.89. The minimum atomic E-state index is -0.584. The highest BCUT2D eigenvalue weighted by molar-refractivity contribution is 5.71. The molecular weight excluding hydrogens is 380 g/mol. The van der Waals surface area contributed by atoms with Gasteiger partial charge in [-0.2, -0.15) is 0 Å². The van der Waals surface area contributed by atoms with Crippen molar-refractivity contribution in [2.45, 2.75) is 96.9 Å². The Morgan fingerprint density at radius 3 is 2.80 bits per heavy atom. The number of ether oxygens (including phenoxy) is 2. The standard InChI is InChI=1S/C25H40O5/c1-5-6-7-8-20(26)10-12-22-21-11-9-18(15-19(21)16-23(22)27)13-14-29-17-24(28)30-25(2,3)4/h15,19-23,26-27H,5-9,11,13-14,16-17H2,1-4H3/t19-,20-,21-,22+,23+/m0/s1. The van der Waals surface area contributed by atoms with E-state index in [2.05, 4.69) is 24.8 Å². The normalized spacial score (nSPS) is 26.9. The van der Waals surface area contributed by atoms with Gasteiger partial charge in [0.25, 0.3) is 0 Å². The molecule has 2 rings (SSSR count). The molecule has 0 heterocycles. The van der Waals surface area contributed by atoms with Gasteiger partial charge in [-0.3, -0.25) is 0 Å². The first-order valence-corrected chi connectivity index (χ1v) is 11.6. The fourth-order valence-corrected chi connectivity index (χ4v) is 4.47. The van der Waals surface area contributed by atoms with Crippen LogP contribution >= 0.6 is 0 Å². The maximum Gasteiger partial charge on any atom is 0.332 e. The summed E-state index contributed by atoms with van der Waals surface area (Å²) in [6, 6.07) is 0. The van der Waals surface area contributed by atoms with Gasteiger partial charge in [0.05, 0.1) is 12.7 Å². The van der Waals surface area contributed by atoms with Crippen molar-refractivity contribution < 1.29 is 24.5 Å². The number of allylic oxidation sites excluding steroid dienone is 1. The van der Waals surface area contributed by atoms with Crippen LogP contribution in [0.25, 0.3) is 0 Å². The van der Waals surface area contributed by atoms with Gasteiger partial charge >= 0.3 is 5.97 Å². The van der Waals surface area contributed by atoms with Crippen molar-refractivity contribution in [2.24, 2.45) is 17.8 Å². The number of carbonyl (C=O) groups excluding carboxylic acids is 1. The third kappa shape index (κ3) is 8.41. The molecule has 5 atom stereocenters. The third-order valence-corrected chi connectivity index (χ3v) is 5.89. The molecule has 5 heteroatoms. The molecule has 1 fully saturated rings. The molecule has 0 radical (unpaired) electrons. The summed E-state index contributed by atoms with van der Waals surface area (Å²) in [6.45, 7) is 8.15. The van der Waals surface area contributed by atoms with Gasteiger partial charge in [-0.1, -0.05) is 43.3 Å². The van der Waals surface area contributed by atoms with Crippen LogP contribution < -0.4 is 0 Å². The summed E-state index contributed by atoms with van der Waals surface area (Å²) in [6.07, 6.45) is 8.75. The van der Waals surface area contributed by atoms with Crippen molar-refractivity contribution in [1.82, 2.24) is 0 Å². The molecule has 0 aromatic carbocycles. The number of rotatable bonds is 9. The average molecular weight is 421 g/mol. The van der Waals surface area contributed by atoms with E-state index in [1.807, 2.05) is 20.8 Å². The van der Waals surface area contributed by atoms with Crippen molar-refractivity contribution in [3.63, 3.8) is 0 Å². The van der Waals surface area contributed by atoms with Crippen LogP contribution in [0.5, 0.6) is 0 Å². The second-order valence-electron chi connectivity index (χ2n) is 9.71. The van der Waals surface area contributed by atoms with Crippen LogP contribution in [0.4, 0.5) is 0 Å². The quantitative estimate of drug-likeness (QED) is 0.255. The number of aliphatic hydroxyl groups excluding tert-OH is 2. The van der Waals surface area contributed by atoms with Crippen molar-refractivity contribution in [3.05, 3.63) is 11.6 Å². The zero-order valence-electron chi connectivity index (χ0n) is 19.2. The number of esters is 1. The monoisotopic (exact) mass is 420 g/mol. The number of aliphatic hydroxyl groups is 2. The van der Waals surface area contributed by atoms with E-state index >= 15 is 0 Å². The van der Waals surface area contributed by atoms with Crippen LogP contribution in [0.1, 0.15) is 79.1 Å². The summed E-state index contributed by atoms with van der Waals surface area (Å²) >= 11 is 0. The summed E-state index contributed by atoms with van der Waals surface area (Å²) in [5.74, 6) is 6.51. The van der Waals surface area contributed by atoms with Crippen LogP contribution in [0.3, 0.4) is 0 Å². The Labute approximate surface area is 182 Å². The number of hydrogen-bond acceptors (Lipinski definition) is 5. The number of unbranched alkanes of at least 4 members (excludes halogenated alkanes) is 2. The van der Waals surface area contributed by atoms with Crippen molar-refractivity contribution in [3.8, 4) is 11.8 Å². The van der Waals surface area contributed by atoms with E-state index in [9.17, 15) is 15.0 Å². The Hall–Kier alpha value is -1.35. The van der Waals surface area contributed by atoms with Gasteiger partial charge in [0, 0.05) is 5.92 Å². The molecule has 0 bridgehead atoms. The number of carbonyl (C=O) groups is 1. The molecule has 170 valence electrons. The molecule has 30 heavy (non-hydrogen) atoms. The molecule has 0 saturated heterocycles. The van der Waals surface area contributed by atoms with E-state index in [0.29, 0.717) is 24.9 Å². The highest BCUT2D eigenvalue weighted by Gasteiger charge is 2.42. The van der Waals surface area contributed by atoms with E-state index in [1.54, 1.807) is 0 Å². The van der Waals surface area contributed by atoms with Crippen LogP contribution in [-0.4, -0.2) is 47.2 Å². The highest BCUT2D eigenvalue weighted by Crippen LogP contribution is 2.45. The molecule has 0 aliphatic heterocycles. The highest BCUT2D eigenvalue weighted by atomic mass is 16.6. The van der Waals surface area contributed by atoms with E-state index < -0.39 is 17.8 Å². The first kappa shape index (κ1) is 24.9. The molecule has 2 N–H and O–H groups in total. The second-order valence-corrected chi connectivity index (χ2v) is 9.71. The predicted octanol–water partition coefficient (Wildman–Crippen LogP) is 4.01. The summed E-state index contributed by atoms with van der Waals surface area (Å²) in [5.41, 5.74) is 0.844. The Bertz CT molecular complexity index is 636. The van der Waals surface area contributed by atoms with E-state index in [-0.39, 0.29) is 18.5 Å². The van der Waals surface area contributed by atoms with Gasteiger partial charge in [0.1, 0.15) is 18.3 Å². The first-order valence-electron chi connectivity index (χ1n) is 11.6. The van der Waals surface area contributed by atoms with Crippen LogP contribution in [0.15, 0.2) is 11.6 Å². The minimum absolute atomic E-state index is 0.0203. The summed E-state index contributed by atoms with van der Waals surface area (Å²) in [4.78, 5) is 11.7. The molecule has 0 spiro atoms. The lowest BCUT2D eigenvalue weighted by atomic mass is 9.78. The smallest absolute Gasteiger partial charge is 0.332 e. The van der Waals surface area contributed by atoms with E-state index in [0.717, 1.165) is 44.9 Å². The Kier molecular flexibility index (Phi) is 9.87. The molecule has 0 aromatic rings. The van der Waals surface area contributed by atoms with Gasteiger partial charge < -0.3 is 19.7 Å². The van der Waals surface area contributed by atoms with Gasteiger partial charge in [-0.15, -0.1) is 0 Å². The molecule has 5 nitrogen and oxygen atoms in total. The lowest BCUT2D eigenvalue weighted by Crippen LogP contribution is -2.26. The van der Waals surface area contributed by atoms with E-state index in [4.69, 9.17) is 9.47 Å². The van der Waals surface area contributed by atoms with Gasteiger partial charge in [0.15, 0.2) is 0 Å². The first-order chi connectivity index (χ1) is 14.2. The molecule has 2 aliphatic carbocycles. The van der Waals surface area contributed by atoms with Gasteiger partial charge in [-0.05, 0) is 71.1 Å². The van der Waals surface area contributed by atoms with Crippen LogP contribution in [-0.2, 0) is 14.3 Å². The topological polar surface area (TPSA) is 76.0 Å². The lowest BCUT2D eigenvalue weighted by molar-refractivity contribution is -0.160. The summed E-state index contributed by atoms with van der Waals surface area (Å²) in [5, 5.41) is 20.6. The largest absolute Gasteiger partial charge is 0.458 e. The SMILES string of the molecule is CCCCC[C@H](O)C#C[C@@H]1[C@H]2CCC(CCOCC(=O)OC(C)(C)C)=C[C@H]2C[C@H]1O. The number of hydrogen-bond donors (Lipinski definition) is 2. The van der Waals surface area contributed by atoms with Gasteiger partial charge in [-0.25, -0.2) is 4.79 Å². The zero-order chi connectivity index (χ0) is 22.1. The maximum atomic E-state index is 11.7. The Morgan fingerprint density at radius 2 is 2.10 bits per heavy atom. The molecule has 1 saturated carbocycles. The summed E-state index contributed by atoms with van der Waals surface area (Å²) < 4.78 is 10.7.